The fraction of sp³-hybridized carbons (Fsp3) is 0.929. The normalized spacial score (nSPS) is 10.2. The molecule has 0 unspecified atom stereocenters. The van der Waals surface area contributed by atoms with Gasteiger partial charge in [0, 0.05) is 5.91 Å². The Morgan fingerprint density at radius 2 is 1.56 bits per heavy atom. The molecule has 108 valence electrons. The number of hydrogen-bond acceptors (Lipinski definition) is 2. The zero-order chi connectivity index (χ0) is 14.4. The Morgan fingerprint density at radius 1 is 1.11 bits per heavy atom. The van der Waals surface area contributed by atoms with Crippen molar-refractivity contribution in [1.29, 1.82) is 0 Å². The predicted octanol–water partition coefficient (Wildman–Crippen LogP) is 4.07. The first-order chi connectivity index (χ1) is 8.40. The summed E-state index contributed by atoms with van der Waals surface area (Å²) in [7, 11) is 0. The van der Waals surface area contributed by atoms with Gasteiger partial charge in [0.15, 0.2) is 0 Å². The Hall–Kier alpha value is 0.363. The molecule has 0 aromatic rings. The topological polar surface area (TPSA) is 31.2 Å². The molecule has 18 heavy (non-hydrogen) atoms. The van der Waals surface area contributed by atoms with Crippen molar-refractivity contribution in [2.45, 2.75) is 58.0 Å². The molecule has 1 amide bonds. The van der Waals surface area contributed by atoms with E-state index in [1.165, 1.54) is 19.8 Å². The summed E-state index contributed by atoms with van der Waals surface area (Å²) in [6, 6.07) is 0. The molecule has 0 aromatic heterocycles. The summed E-state index contributed by atoms with van der Waals surface area (Å²) in [4.78, 5) is 9.99. The Bertz CT molecular complexity index is 177. The van der Waals surface area contributed by atoms with Gasteiger partial charge in [0.25, 0.3) is 0 Å². The van der Waals surface area contributed by atoms with Crippen LogP contribution in [-0.4, -0.2) is 33.6 Å². The van der Waals surface area contributed by atoms with Crippen LogP contribution in [0.25, 0.3) is 5.32 Å². The molecule has 0 aliphatic heterocycles. The number of rotatable bonds is 8. The van der Waals surface area contributed by atoms with E-state index < -0.39 is 0 Å². The summed E-state index contributed by atoms with van der Waals surface area (Å²) in [5.41, 5.74) is 0. The average molecular weight is 332 g/mol. The van der Waals surface area contributed by atoms with Gasteiger partial charge in [-0.1, -0.05) is 0 Å². The Kier molecular flexibility index (Phi) is 17.7. The third kappa shape index (κ3) is 25.3. The van der Waals surface area contributed by atoms with Gasteiger partial charge in [-0.15, -0.1) is 0 Å². The van der Waals surface area contributed by atoms with Crippen LogP contribution in [-0.2, 0) is 17.4 Å². The van der Waals surface area contributed by atoms with Crippen LogP contribution < -0.4 is 0 Å². The van der Waals surface area contributed by atoms with Crippen molar-refractivity contribution in [3.8, 4) is 0 Å². The second-order valence-electron chi connectivity index (χ2n) is 5.22. The molecule has 0 fully saturated rings. The van der Waals surface area contributed by atoms with Gasteiger partial charge < -0.3 is 22.7 Å². The summed E-state index contributed by atoms with van der Waals surface area (Å²) in [6.45, 7) is 11.2. The average Bonchev–Trinajstić information content (AvgIpc) is 2.26. The molecule has 0 saturated carbocycles. The van der Waals surface area contributed by atoms with Gasteiger partial charge in [-0.05, 0) is 6.92 Å². The third-order valence-electron chi connectivity index (χ3n) is 2.22. The maximum absolute atomic E-state index is 9.99. The van der Waals surface area contributed by atoms with Gasteiger partial charge in [0.2, 0.25) is 0 Å². The second kappa shape index (κ2) is 15.4. The molecule has 0 bridgehead atoms. The van der Waals surface area contributed by atoms with Crippen molar-refractivity contribution < 1.29 is 4.79 Å². The van der Waals surface area contributed by atoms with Gasteiger partial charge in [0.1, 0.15) is 0 Å². The van der Waals surface area contributed by atoms with Gasteiger partial charge in [-0.2, -0.15) is 12.3 Å². The summed E-state index contributed by atoms with van der Waals surface area (Å²) in [5.74, 6) is 2.26. The van der Waals surface area contributed by atoms with E-state index in [0.717, 1.165) is 11.8 Å². The van der Waals surface area contributed by atoms with Crippen LogP contribution in [0.1, 0.15) is 47.5 Å². The van der Waals surface area contributed by atoms with E-state index in [2.05, 4.69) is 45.6 Å². The molecule has 0 spiro atoms. The standard InChI is InChI=1S/C10H22Ge.C4H9NOS/c1-9(2)5-7-11-8-6-10(3)4;1-4(6)5-2-3-7/h9-10H,5-8H2,1-4H3;2-3H2,1H3,(H2,5,6,7)/p-2. The van der Waals surface area contributed by atoms with Crippen molar-refractivity contribution in [2.75, 3.05) is 12.3 Å². The third-order valence-corrected chi connectivity index (χ3v) is 5.10. The van der Waals surface area contributed by atoms with Crippen LogP contribution in [0.4, 0.5) is 0 Å². The molecule has 0 aliphatic carbocycles. The van der Waals surface area contributed by atoms with Crippen molar-refractivity contribution in [3.63, 3.8) is 0 Å². The van der Waals surface area contributed by atoms with Crippen molar-refractivity contribution in [3.05, 3.63) is 5.32 Å². The number of carbonyl (C=O) groups is 1. The fourth-order valence-corrected chi connectivity index (χ4v) is 5.00. The summed E-state index contributed by atoms with van der Waals surface area (Å²) >= 11 is 4.96. The monoisotopic (exact) mass is 333 g/mol. The van der Waals surface area contributed by atoms with Crippen molar-refractivity contribution >= 4 is 34.0 Å². The minimum atomic E-state index is -0.134. The van der Waals surface area contributed by atoms with Crippen molar-refractivity contribution in [1.82, 2.24) is 0 Å². The van der Waals surface area contributed by atoms with E-state index in [9.17, 15) is 4.79 Å². The first kappa shape index (κ1) is 20.7. The molecule has 0 N–H and O–H groups in total. The Labute approximate surface area is 126 Å². The van der Waals surface area contributed by atoms with E-state index in [-0.39, 0.29) is 5.91 Å². The van der Waals surface area contributed by atoms with Gasteiger partial charge >= 0.3 is 78.3 Å². The van der Waals surface area contributed by atoms with Gasteiger partial charge in [-0.25, -0.2) is 0 Å². The molecule has 0 aliphatic rings. The number of carbonyl (C=O) groups excluding carboxylic acids is 1. The quantitative estimate of drug-likeness (QED) is 0.381. The Morgan fingerprint density at radius 3 is 1.78 bits per heavy atom. The molecule has 0 rings (SSSR count). The molecule has 0 aromatic carbocycles. The summed E-state index contributed by atoms with van der Waals surface area (Å²) in [5, 5.41) is 6.62. The van der Waals surface area contributed by atoms with E-state index in [1.807, 2.05) is 0 Å². The van der Waals surface area contributed by atoms with Crippen LogP contribution in [0.5, 0.6) is 0 Å². The zero-order valence-electron chi connectivity index (χ0n) is 12.7. The number of hydrogen-bond donors (Lipinski definition) is 0. The van der Waals surface area contributed by atoms with E-state index in [4.69, 9.17) is 0 Å². The van der Waals surface area contributed by atoms with E-state index in [0.29, 0.717) is 27.7 Å². The fourth-order valence-electron chi connectivity index (χ4n) is 1.11. The first-order valence-electron chi connectivity index (χ1n) is 6.87. The van der Waals surface area contributed by atoms with Crippen LogP contribution in [0.3, 0.4) is 0 Å². The summed E-state index contributed by atoms with van der Waals surface area (Å²) < 4.78 is 0. The van der Waals surface area contributed by atoms with Crippen LogP contribution in [0.2, 0.25) is 10.5 Å². The SMILES string of the molecule is CC(=O)[N-]CC[S-].CC(C)C[CH2][Ge][CH2]CC(C)C. The zero-order valence-corrected chi connectivity index (χ0v) is 15.6. The second-order valence-corrected chi connectivity index (χ2v) is 8.78. The molecule has 0 heterocycles. The molecular weight excluding hydrogens is 303 g/mol. The molecule has 2 nitrogen and oxygen atoms in total. The summed E-state index contributed by atoms with van der Waals surface area (Å²) in [6.07, 6.45) is 2.94. The molecular formula is C14H29GeNOS-2. The Balaban J connectivity index is 0. The van der Waals surface area contributed by atoms with E-state index >= 15 is 0 Å². The van der Waals surface area contributed by atoms with Crippen LogP contribution >= 0.6 is 0 Å². The van der Waals surface area contributed by atoms with Crippen LogP contribution in [0, 0.1) is 11.8 Å². The van der Waals surface area contributed by atoms with Gasteiger partial charge in [-0.3, -0.25) is 0 Å². The number of nitrogens with zero attached hydrogens (tertiary/aromatic N) is 1. The van der Waals surface area contributed by atoms with Gasteiger partial charge in [0.05, 0.1) is 0 Å². The predicted molar refractivity (Wildman–Crippen MR) is 85.4 cm³/mol. The minimum absolute atomic E-state index is 0.134. The number of amides is 1. The van der Waals surface area contributed by atoms with Crippen molar-refractivity contribution in [2.24, 2.45) is 11.8 Å². The first-order valence-corrected chi connectivity index (χ1v) is 10.4. The molecule has 2 radical (unpaired) electrons. The molecule has 4 heteroatoms. The van der Waals surface area contributed by atoms with E-state index in [1.54, 1.807) is 10.5 Å². The molecule has 0 saturated heterocycles. The maximum atomic E-state index is 9.99. The van der Waals surface area contributed by atoms with Crippen LogP contribution in [0.15, 0.2) is 0 Å². The molecule has 0 atom stereocenters.